The van der Waals surface area contributed by atoms with E-state index >= 15 is 0 Å². The molecule has 1 amide bonds. The van der Waals surface area contributed by atoms with Crippen LogP contribution < -0.4 is 16.0 Å². The monoisotopic (exact) mass is 237 g/mol. The van der Waals surface area contributed by atoms with Crippen LogP contribution in [0.15, 0.2) is 12.4 Å². The highest BCUT2D eigenvalue weighted by Crippen LogP contribution is 2.08. The van der Waals surface area contributed by atoms with Crippen molar-refractivity contribution in [1.29, 1.82) is 0 Å². The molecule has 6 nitrogen and oxygen atoms in total. The Balaban J connectivity index is 2.54. The number of aromatic nitrogens is 2. The first kappa shape index (κ1) is 13.2. The predicted molar refractivity (Wildman–Crippen MR) is 68.0 cm³/mol. The molecule has 0 fully saturated rings. The minimum Gasteiger partial charge on any atom is -0.373 e. The van der Waals surface area contributed by atoms with Gasteiger partial charge in [-0.2, -0.15) is 0 Å². The van der Waals surface area contributed by atoms with Gasteiger partial charge >= 0.3 is 0 Å². The molecule has 1 heterocycles. The van der Waals surface area contributed by atoms with Gasteiger partial charge in [0.25, 0.3) is 0 Å². The summed E-state index contributed by atoms with van der Waals surface area (Å²) in [5, 5.41) is 8.76. The number of nitrogens with zero attached hydrogens (tertiary/aromatic N) is 2. The van der Waals surface area contributed by atoms with Gasteiger partial charge in [0.2, 0.25) is 5.91 Å². The van der Waals surface area contributed by atoms with Crippen LogP contribution in [0, 0.1) is 0 Å². The molecule has 0 saturated heterocycles. The molecule has 0 aliphatic rings. The summed E-state index contributed by atoms with van der Waals surface area (Å²) in [7, 11) is 1.78. The summed E-state index contributed by atoms with van der Waals surface area (Å²) in [4.78, 5) is 19.7. The van der Waals surface area contributed by atoms with E-state index in [1.165, 1.54) is 6.33 Å². The maximum atomic E-state index is 11.6. The third kappa shape index (κ3) is 4.26. The lowest BCUT2D eigenvalue weighted by atomic mass is 10.3. The van der Waals surface area contributed by atoms with Crippen molar-refractivity contribution >= 4 is 17.5 Å². The second-order valence-electron chi connectivity index (χ2n) is 3.70. The van der Waals surface area contributed by atoms with E-state index in [1.54, 1.807) is 20.0 Å². The molecular formula is C11H19N5O. The van der Waals surface area contributed by atoms with Gasteiger partial charge < -0.3 is 16.0 Å². The van der Waals surface area contributed by atoms with Crippen molar-refractivity contribution in [1.82, 2.24) is 15.3 Å². The smallest absolute Gasteiger partial charge is 0.242 e. The first-order valence-corrected chi connectivity index (χ1v) is 5.71. The Morgan fingerprint density at radius 3 is 2.76 bits per heavy atom. The summed E-state index contributed by atoms with van der Waals surface area (Å²) >= 11 is 0. The molecule has 6 heteroatoms. The quantitative estimate of drug-likeness (QED) is 0.683. The minimum absolute atomic E-state index is 0.0310. The average molecular weight is 237 g/mol. The summed E-state index contributed by atoms with van der Waals surface area (Å²) in [6.45, 7) is 4.50. The van der Waals surface area contributed by atoms with Gasteiger partial charge in [0.1, 0.15) is 24.0 Å². The van der Waals surface area contributed by atoms with Crippen LogP contribution in [-0.4, -0.2) is 35.5 Å². The molecule has 17 heavy (non-hydrogen) atoms. The molecular weight excluding hydrogens is 218 g/mol. The van der Waals surface area contributed by atoms with Gasteiger partial charge in [0.15, 0.2) is 0 Å². The molecule has 0 saturated carbocycles. The van der Waals surface area contributed by atoms with E-state index in [2.05, 4.69) is 25.9 Å². The van der Waals surface area contributed by atoms with Gasteiger partial charge in [-0.1, -0.05) is 6.92 Å². The third-order valence-electron chi connectivity index (χ3n) is 2.23. The number of anilines is 2. The van der Waals surface area contributed by atoms with E-state index in [0.717, 1.165) is 6.42 Å². The van der Waals surface area contributed by atoms with Crippen LogP contribution in [0.5, 0.6) is 0 Å². The van der Waals surface area contributed by atoms with Crippen molar-refractivity contribution in [2.75, 3.05) is 24.2 Å². The lowest BCUT2D eigenvalue weighted by molar-refractivity contribution is -0.121. The minimum atomic E-state index is -0.318. The van der Waals surface area contributed by atoms with E-state index in [-0.39, 0.29) is 11.9 Å². The Morgan fingerprint density at radius 2 is 2.12 bits per heavy atom. The highest BCUT2D eigenvalue weighted by atomic mass is 16.2. The fourth-order valence-corrected chi connectivity index (χ4v) is 1.26. The number of rotatable bonds is 6. The van der Waals surface area contributed by atoms with E-state index in [0.29, 0.717) is 18.2 Å². The number of hydrogen-bond donors (Lipinski definition) is 3. The van der Waals surface area contributed by atoms with E-state index in [9.17, 15) is 4.79 Å². The van der Waals surface area contributed by atoms with Crippen LogP contribution in [0.4, 0.5) is 11.6 Å². The van der Waals surface area contributed by atoms with Crippen LogP contribution >= 0.6 is 0 Å². The SMILES string of the molecule is CCCNC(=O)C(C)Nc1cc(NC)ncn1. The Hall–Kier alpha value is -1.85. The molecule has 0 spiro atoms. The van der Waals surface area contributed by atoms with Gasteiger partial charge in [-0.25, -0.2) is 9.97 Å². The van der Waals surface area contributed by atoms with Crippen molar-refractivity contribution in [3.8, 4) is 0 Å². The van der Waals surface area contributed by atoms with Crippen LogP contribution in [0.2, 0.25) is 0 Å². The van der Waals surface area contributed by atoms with Crippen molar-refractivity contribution < 1.29 is 4.79 Å². The number of carbonyl (C=O) groups excluding carboxylic acids is 1. The normalized spacial score (nSPS) is 11.7. The second-order valence-corrected chi connectivity index (χ2v) is 3.70. The number of nitrogens with one attached hydrogen (secondary N) is 3. The zero-order chi connectivity index (χ0) is 12.7. The lowest BCUT2D eigenvalue weighted by Gasteiger charge is -2.14. The predicted octanol–water partition coefficient (Wildman–Crippen LogP) is 0.845. The highest BCUT2D eigenvalue weighted by Gasteiger charge is 2.12. The molecule has 0 aromatic carbocycles. The molecule has 0 aliphatic carbocycles. The maximum Gasteiger partial charge on any atom is 0.242 e. The van der Waals surface area contributed by atoms with Crippen LogP contribution in [0.25, 0.3) is 0 Å². The molecule has 0 bridgehead atoms. The maximum absolute atomic E-state index is 11.6. The second kappa shape index (κ2) is 6.67. The number of carbonyl (C=O) groups is 1. The number of hydrogen-bond acceptors (Lipinski definition) is 5. The van der Waals surface area contributed by atoms with Crippen molar-refractivity contribution in [2.45, 2.75) is 26.3 Å². The molecule has 0 radical (unpaired) electrons. The summed E-state index contributed by atoms with van der Waals surface area (Å²) < 4.78 is 0. The summed E-state index contributed by atoms with van der Waals surface area (Å²) in [5.41, 5.74) is 0. The fourth-order valence-electron chi connectivity index (χ4n) is 1.26. The Bertz CT molecular complexity index is 369. The molecule has 1 aromatic rings. The average Bonchev–Trinajstić information content (AvgIpc) is 2.36. The van der Waals surface area contributed by atoms with E-state index < -0.39 is 0 Å². The molecule has 3 N–H and O–H groups in total. The zero-order valence-corrected chi connectivity index (χ0v) is 10.4. The first-order chi connectivity index (χ1) is 8.17. The molecule has 1 unspecified atom stereocenters. The van der Waals surface area contributed by atoms with Gasteiger partial charge in [-0.15, -0.1) is 0 Å². The van der Waals surface area contributed by atoms with Gasteiger partial charge in [-0.05, 0) is 13.3 Å². The highest BCUT2D eigenvalue weighted by molar-refractivity contribution is 5.83. The molecule has 1 atom stereocenters. The summed E-state index contributed by atoms with van der Waals surface area (Å²) in [6.07, 6.45) is 2.38. The molecule has 1 rings (SSSR count). The van der Waals surface area contributed by atoms with Gasteiger partial charge in [0.05, 0.1) is 0 Å². The fraction of sp³-hybridized carbons (Fsp3) is 0.545. The van der Waals surface area contributed by atoms with Crippen LogP contribution in [0.3, 0.4) is 0 Å². The summed E-state index contributed by atoms with van der Waals surface area (Å²) in [6, 6.07) is 1.44. The first-order valence-electron chi connectivity index (χ1n) is 5.71. The molecule has 1 aromatic heterocycles. The van der Waals surface area contributed by atoms with Crippen LogP contribution in [-0.2, 0) is 4.79 Å². The van der Waals surface area contributed by atoms with Gasteiger partial charge in [0, 0.05) is 19.7 Å². The van der Waals surface area contributed by atoms with E-state index in [4.69, 9.17) is 0 Å². The van der Waals surface area contributed by atoms with Crippen molar-refractivity contribution in [3.05, 3.63) is 12.4 Å². The Kier molecular flexibility index (Phi) is 5.19. The molecule has 0 aliphatic heterocycles. The standard InChI is InChI=1S/C11H19N5O/c1-4-5-13-11(17)8(2)16-10-6-9(12-3)14-7-15-10/h6-8H,4-5H2,1-3H3,(H,13,17)(H2,12,14,15,16). The topological polar surface area (TPSA) is 78.9 Å². The van der Waals surface area contributed by atoms with Crippen LogP contribution in [0.1, 0.15) is 20.3 Å². The Labute approximate surface area is 101 Å². The van der Waals surface area contributed by atoms with Gasteiger partial charge in [-0.3, -0.25) is 4.79 Å². The number of amides is 1. The Morgan fingerprint density at radius 1 is 1.41 bits per heavy atom. The largest absolute Gasteiger partial charge is 0.373 e. The van der Waals surface area contributed by atoms with Crippen molar-refractivity contribution in [2.24, 2.45) is 0 Å². The molecule has 94 valence electrons. The summed E-state index contributed by atoms with van der Waals surface area (Å²) in [5.74, 6) is 1.31. The lowest BCUT2D eigenvalue weighted by Crippen LogP contribution is -2.38. The third-order valence-corrected chi connectivity index (χ3v) is 2.23. The van der Waals surface area contributed by atoms with Crippen molar-refractivity contribution in [3.63, 3.8) is 0 Å². The van der Waals surface area contributed by atoms with E-state index in [1.807, 2.05) is 6.92 Å². The zero-order valence-electron chi connectivity index (χ0n) is 10.4.